The monoisotopic (exact) mass is 486 g/mol. The first-order chi connectivity index (χ1) is 15.1. The molecule has 2 aromatic rings. The highest BCUT2D eigenvalue weighted by molar-refractivity contribution is 7.80. The Hall–Kier alpha value is -1.97. The van der Waals surface area contributed by atoms with Crippen molar-refractivity contribution in [3.8, 4) is 5.75 Å². The summed E-state index contributed by atoms with van der Waals surface area (Å²) in [5.41, 5.74) is 1.63. The van der Waals surface area contributed by atoms with E-state index in [0.717, 1.165) is 43.1 Å². The molecule has 5 nitrogen and oxygen atoms in total. The lowest BCUT2D eigenvalue weighted by molar-refractivity contribution is -0.274. The number of nitrogens with zero attached hydrogens (tertiary/aromatic N) is 3. The van der Waals surface area contributed by atoms with E-state index in [0.29, 0.717) is 23.5 Å². The molecule has 1 aliphatic heterocycles. The molecule has 10 heteroatoms. The quantitative estimate of drug-likeness (QED) is 0.421. The number of piperidine rings is 1. The van der Waals surface area contributed by atoms with Gasteiger partial charge in [0, 0.05) is 54.0 Å². The van der Waals surface area contributed by atoms with Crippen LogP contribution in [-0.2, 0) is 12.8 Å². The fourth-order valence-corrected chi connectivity index (χ4v) is 4.46. The number of alkyl halides is 4. The number of nitrogens with one attached hydrogen (secondary N) is 1. The minimum atomic E-state index is -4.71. The van der Waals surface area contributed by atoms with Crippen LogP contribution < -0.4 is 10.1 Å². The molecule has 1 saturated heterocycles. The van der Waals surface area contributed by atoms with Crippen molar-refractivity contribution in [1.82, 2.24) is 14.9 Å². The number of ether oxygens (including phenoxy) is 1. The fourth-order valence-electron chi connectivity index (χ4n) is 3.75. The van der Waals surface area contributed by atoms with Crippen LogP contribution in [-0.4, -0.2) is 57.1 Å². The highest BCUT2D eigenvalue weighted by Crippen LogP contribution is 2.23. The predicted octanol–water partition coefficient (Wildman–Crippen LogP) is 4.95. The minimum absolute atomic E-state index is 0.101. The second kappa shape index (κ2) is 10.8. The number of halogens is 4. The average Bonchev–Trinajstić information content (AvgIpc) is 2.67. The van der Waals surface area contributed by atoms with E-state index in [1.807, 2.05) is 13.0 Å². The van der Waals surface area contributed by atoms with Gasteiger partial charge in [-0.25, -0.2) is 9.97 Å². The lowest BCUT2D eigenvalue weighted by Crippen LogP contribution is -2.46. The zero-order valence-corrected chi connectivity index (χ0v) is 19.5. The van der Waals surface area contributed by atoms with Crippen LogP contribution in [0.3, 0.4) is 0 Å². The molecule has 174 valence electrons. The van der Waals surface area contributed by atoms with Crippen LogP contribution in [0.4, 0.5) is 19.0 Å². The molecule has 0 radical (unpaired) electrons. The zero-order chi connectivity index (χ0) is 23.3. The summed E-state index contributed by atoms with van der Waals surface area (Å²) in [5.74, 6) is 1.10. The molecule has 0 saturated carbocycles. The third kappa shape index (κ3) is 7.86. The molecule has 2 atom stereocenters. The number of aromatic nitrogens is 2. The lowest BCUT2D eigenvalue weighted by atomic mass is 10.1. The molecule has 1 aromatic carbocycles. The molecule has 32 heavy (non-hydrogen) atoms. The smallest absolute Gasteiger partial charge is 0.406 e. The molecule has 1 aromatic heterocycles. The highest BCUT2D eigenvalue weighted by Gasteiger charge is 2.31. The summed E-state index contributed by atoms with van der Waals surface area (Å²) < 4.78 is 40.8. The number of hydrogen-bond acceptors (Lipinski definition) is 6. The number of likely N-dealkylation sites (N-methyl/N-ethyl adjacent to an activating group) is 1. The minimum Gasteiger partial charge on any atom is -0.406 e. The van der Waals surface area contributed by atoms with Crippen LogP contribution >= 0.6 is 23.8 Å². The van der Waals surface area contributed by atoms with Crippen molar-refractivity contribution >= 4 is 34.5 Å². The standard InChI is InChI=1S/C22H26ClF3N4OS/c1-3-30-12-16(23)10-17(13-30)28-20-8-14(2)27-21(29-20)11-19(32)9-15-4-6-18(7-5-15)31-22(24,25)26/h4-8,16-17H,3,9-13H2,1-2H3,(H,27,28,29). The van der Waals surface area contributed by atoms with Crippen molar-refractivity contribution in [1.29, 1.82) is 0 Å². The van der Waals surface area contributed by atoms with Crippen molar-refractivity contribution in [3.63, 3.8) is 0 Å². The molecule has 2 heterocycles. The predicted molar refractivity (Wildman–Crippen MR) is 124 cm³/mol. The van der Waals surface area contributed by atoms with Gasteiger partial charge in [0.1, 0.15) is 17.4 Å². The number of thiocarbonyl (C=S) groups is 1. The van der Waals surface area contributed by atoms with E-state index in [1.165, 1.54) is 12.1 Å². The van der Waals surface area contributed by atoms with Crippen molar-refractivity contribution in [3.05, 3.63) is 47.4 Å². The summed E-state index contributed by atoms with van der Waals surface area (Å²) in [6.45, 7) is 6.78. The van der Waals surface area contributed by atoms with E-state index < -0.39 is 6.36 Å². The first-order valence-electron chi connectivity index (χ1n) is 10.4. The van der Waals surface area contributed by atoms with Gasteiger partial charge in [-0.05, 0) is 37.6 Å². The Morgan fingerprint density at radius 3 is 2.59 bits per heavy atom. The Bertz CT molecular complexity index is 926. The molecular weight excluding hydrogens is 461 g/mol. The molecule has 2 unspecified atom stereocenters. The number of likely N-dealkylation sites (tertiary alicyclic amines) is 1. The topological polar surface area (TPSA) is 50.3 Å². The summed E-state index contributed by atoms with van der Waals surface area (Å²) in [5, 5.41) is 3.58. The van der Waals surface area contributed by atoms with E-state index >= 15 is 0 Å². The van der Waals surface area contributed by atoms with Crippen molar-refractivity contribution < 1.29 is 17.9 Å². The second-order valence-electron chi connectivity index (χ2n) is 7.92. The van der Waals surface area contributed by atoms with E-state index in [-0.39, 0.29) is 17.2 Å². The van der Waals surface area contributed by atoms with Crippen LogP contribution in [0.25, 0.3) is 0 Å². The van der Waals surface area contributed by atoms with Gasteiger partial charge in [-0.15, -0.1) is 24.8 Å². The van der Waals surface area contributed by atoms with E-state index in [9.17, 15) is 13.2 Å². The average molecular weight is 487 g/mol. The number of hydrogen-bond donors (Lipinski definition) is 1. The molecule has 0 bridgehead atoms. The van der Waals surface area contributed by atoms with Crippen LogP contribution in [0.15, 0.2) is 30.3 Å². The van der Waals surface area contributed by atoms with E-state index in [1.54, 1.807) is 12.1 Å². The number of rotatable bonds is 8. The molecule has 3 rings (SSSR count). The van der Waals surface area contributed by atoms with Gasteiger partial charge in [0.25, 0.3) is 0 Å². The van der Waals surface area contributed by atoms with Crippen LogP contribution in [0.1, 0.15) is 30.4 Å². The van der Waals surface area contributed by atoms with Crippen LogP contribution in [0, 0.1) is 6.92 Å². The maximum atomic E-state index is 12.3. The van der Waals surface area contributed by atoms with Gasteiger partial charge in [-0.3, -0.25) is 0 Å². The molecule has 0 amide bonds. The largest absolute Gasteiger partial charge is 0.573 e. The third-order valence-corrected chi connectivity index (χ3v) is 5.69. The fraction of sp³-hybridized carbons (Fsp3) is 0.500. The Balaban J connectivity index is 1.60. The number of anilines is 1. The van der Waals surface area contributed by atoms with Crippen LogP contribution in [0.2, 0.25) is 0 Å². The maximum absolute atomic E-state index is 12.3. The maximum Gasteiger partial charge on any atom is 0.573 e. The molecule has 0 spiro atoms. The molecule has 1 fully saturated rings. The van der Waals surface area contributed by atoms with Crippen molar-refractivity contribution in [2.24, 2.45) is 0 Å². The van der Waals surface area contributed by atoms with Gasteiger partial charge in [0.05, 0.1) is 0 Å². The van der Waals surface area contributed by atoms with Gasteiger partial charge in [-0.1, -0.05) is 31.3 Å². The first kappa shape index (κ1) is 24.7. The van der Waals surface area contributed by atoms with Crippen molar-refractivity contribution in [2.45, 2.75) is 50.9 Å². The lowest BCUT2D eigenvalue weighted by Gasteiger charge is -2.35. The summed E-state index contributed by atoms with van der Waals surface area (Å²) in [6.07, 6.45) is -3.01. The summed E-state index contributed by atoms with van der Waals surface area (Å²) >= 11 is 11.9. The SMILES string of the molecule is CCN1CC(Cl)CC(Nc2cc(C)nc(CC(=S)Cc3ccc(OC(F)(F)F)cc3)n2)C1. The van der Waals surface area contributed by atoms with E-state index in [4.69, 9.17) is 23.8 Å². The highest BCUT2D eigenvalue weighted by atomic mass is 35.5. The summed E-state index contributed by atoms with van der Waals surface area (Å²) in [6, 6.07) is 7.82. The molecule has 1 N–H and O–H groups in total. The van der Waals surface area contributed by atoms with Gasteiger partial charge >= 0.3 is 6.36 Å². The Morgan fingerprint density at radius 1 is 1.22 bits per heavy atom. The van der Waals surface area contributed by atoms with Crippen molar-refractivity contribution in [2.75, 3.05) is 25.0 Å². The molecule has 1 aliphatic rings. The Morgan fingerprint density at radius 2 is 1.94 bits per heavy atom. The molecule has 0 aliphatic carbocycles. The van der Waals surface area contributed by atoms with Gasteiger partial charge in [0.15, 0.2) is 0 Å². The second-order valence-corrected chi connectivity index (χ2v) is 9.12. The van der Waals surface area contributed by atoms with Gasteiger partial charge in [0.2, 0.25) is 0 Å². The van der Waals surface area contributed by atoms with Crippen LogP contribution in [0.5, 0.6) is 5.75 Å². The van der Waals surface area contributed by atoms with Gasteiger partial charge in [-0.2, -0.15) is 0 Å². The first-order valence-corrected chi connectivity index (χ1v) is 11.3. The molecular formula is C22H26ClF3N4OS. The zero-order valence-electron chi connectivity index (χ0n) is 18.0. The number of benzene rings is 1. The Kier molecular flexibility index (Phi) is 8.30. The third-order valence-electron chi connectivity index (χ3n) is 5.09. The Labute approximate surface area is 196 Å². The normalized spacial score (nSPS) is 19.6. The summed E-state index contributed by atoms with van der Waals surface area (Å²) in [7, 11) is 0. The summed E-state index contributed by atoms with van der Waals surface area (Å²) in [4.78, 5) is 12.1. The number of aryl methyl sites for hydroxylation is 1. The van der Waals surface area contributed by atoms with Gasteiger partial charge < -0.3 is 15.0 Å². The van der Waals surface area contributed by atoms with E-state index in [2.05, 4.69) is 31.8 Å².